The fourth-order valence-electron chi connectivity index (χ4n) is 4.20. The summed E-state index contributed by atoms with van der Waals surface area (Å²) in [7, 11) is 0. The van der Waals surface area contributed by atoms with Crippen LogP contribution >= 0.6 is 0 Å². The van der Waals surface area contributed by atoms with Gasteiger partial charge in [-0.1, -0.05) is 27.2 Å². The van der Waals surface area contributed by atoms with Gasteiger partial charge in [0.1, 0.15) is 11.6 Å². The highest BCUT2D eigenvalue weighted by Crippen LogP contribution is 2.37. The molecule has 0 unspecified atom stereocenters. The number of amides is 1. The Bertz CT molecular complexity index is 936. The Labute approximate surface area is 202 Å². The Balaban J connectivity index is 1.19. The predicted molar refractivity (Wildman–Crippen MR) is 131 cm³/mol. The molecule has 1 N–H and O–H groups in total. The van der Waals surface area contributed by atoms with Crippen LogP contribution in [0.1, 0.15) is 70.3 Å². The molecule has 1 aliphatic heterocycles. The van der Waals surface area contributed by atoms with E-state index in [0.29, 0.717) is 18.2 Å². The SMILES string of the molecule is CC(C)(C)c1nc(C2CCC2)cc(N2CCN(CCCCNC(=O)Oc3ccnnc3)CC2)n1. The first-order chi connectivity index (χ1) is 16.4. The van der Waals surface area contributed by atoms with Crippen LogP contribution in [0.15, 0.2) is 24.5 Å². The molecule has 1 aliphatic carbocycles. The molecule has 1 amide bonds. The second-order valence-electron chi connectivity index (χ2n) is 10.3. The number of nitrogens with one attached hydrogen (secondary N) is 1. The lowest BCUT2D eigenvalue weighted by Gasteiger charge is -2.36. The van der Waals surface area contributed by atoms with Crippen LogP contribution < -0.4 is 15.0 Å². The molecule has 0 radical (unpaired) electrons. The van der Waals surface area contributed by atoms with Gasteiger partial charge in [0.15, 0.2) is 5.75 Å². The summed E-state index contributed by atoms with van der Waals surface area (Å²) in [4.78, 5) is 26.6. The van der Waals surface area contributed by atoms with Crippen molar-refractivity contribution in [3.05, 3.63) is 36.0 Å². The molecule has 2 aromatic rings. The maximum absolute atomic E-state index is 11.8. The van der Waals surface area contributed by atoms with Crippen molar-refractivity contribution in [1.82, 2.24) is 30.4 Å². The van der Waals surface area contributed by atoms with E-state index < -0.39 is 6.09 Å². The summed E-state index contributed by atoms with van der Waals surface area (Å²) in [5.74, 6) is 3.05. The van der Waals surface area contributed by atoms with E-state index in [9.17, 15) is 4.79 Å². The maximum Gasteiger partial charge on any atom is 0.412 e. The average molecular weight is 468 g/mol. The van der Waals surface area contributed by atoms with Crippen LogP contribution in [0.5, 0.6) is 5.75 Å². The van der Waals surface area contributed by atoms with E-state index in [4.69, 9.17) is 14.7 Å². The Morgan fingerprint density at radius 1 is 1.12 bits per heavy atom. The third-order valence-corrected chi connectivity index (χ3v) is 6.56. The van der Waals surface area contributed by atoms with E-state index in [1.807, 2.05) is 0 Å². The summed E-state index contributed by atoms with van der Waals surface area (Å²) in [6.45, 7) is 12.2. The molecule has 9 heteroatoms. The summed E-state index contributed by atoms with van der Waals surface area (Å²) in [5.41, 5.74) is 1.18. The summed E-state index contributed by atoms with van der Waals surface area (Å²) >= 11 is 0. The lowest BCUT2D eigenvalue weighted by molar-refractivity contribution is 0.199. The van der Waals surface area contributed by atoms with Crippen LogP contribution in [0.25, 0.3) is 0 Å². The number of rotatable bonds is 8. The van der Waals surface area contributed by atoms with Gasteiger partial charge in [0, 0.05) is 61.9 Å². The van der Waals surface area contributed by atoms with Gasteiger partial charge in [-0.2, -0.15) is 10.2 Å². The van der Waals surface area contributed by atoms with Crippen molar-refractivity contribution >= 4 is 11.9 Å². The summed E-state index contributed by atoms with van der Waals surface area (Å²) in [6, 6.07) is 3.84. The molecule has 9 nitrogen and oxygen atoms in total. The zero-order chi connectivity index (χ0) is 24.0. The molecule has 4 rings (SSSR count). The standard InChI is InChI=1S/C25H37N7O2/c1-25(2,3)23-29-21(19-7-6-8-19)17-22(30-23)32-15-13-31(14-16-32)12-5-4-10-26-24(33)34-20-9-11-27-28-18-20/h9,11,17-19H,4-8,10,12-16H2,1-3H3,(H,26,33). The second kappa shape index (κ2) is 11.1. The van der Waals surface area contributed by atoms with Crippen LogP contribution in [0.2, 0.25) is 0 Å². The molecule has 2 aliphatic rings. The maximum atomic E-state index is 11.8. The van der Waals surface area contributed by atoms with E-state index >= 15 is 0 Å². The normalized spacial score (nSPS) is 17.3. The Kier molecular flexibility index (Phi) is 7.92. The van der Waals surface area contributed by atoms with Gasteiger partial charge < -0.3 is 15.0 Å². The first kappa shape index (κ1) is 24.3. The summed E-state index contributed by atoms with van der Waals surface area (Å²) in [5, 5.41) is 10.1. The van der Waals surface area contributed by atoms with E-state index in [-0.39, 0.29) is 5.41 Å². The number of ether oxygens (including phenoxy) is 1. The van der Waals surface area contributed by atoms with Gasteiger partial charge in [0.25, 0.3) is 0 Å². The molecule has 3 heterocycles. The molecule has 2 aromatic heterocycles. The van der Waals surface area contributed by atoms with E-state index in [0.717, 1.165) is 57.2 Å². The van der Waals surface area contributed by atoms with Crippen LogP contribution in [-0.2, 0) is 5.41 Å². The first-order valence-electron chi connectivity index (χ1n) is 12.5. The average Bonchev–Trinajstić information content (AvgIpc) is 2.78. The number of anilines is 1. The summed E-state index contributed by atoms with van der Waals surface area (Å²) in [6.07, 6.45) is 8.21. The zero-order valence-electron chi connectivity index (χ0n) is 20.7. The lowest BCUT2D eigenvalue weighted by atomic mass is 9.82. The minimum atomic E-state index is -0.456. The quantitative estimate of drug-likeness (QED) is 0.589. The highest BCUT2D eigenvalue weighted by molar-refractivity contribution is 5.70. The van der Waals surface area contributed by atoms with Crippen LogP contribution in [0.3, 0.4) is 0 Å². The molecule has 0 spiro atoms. The molecule has 0 atom stereocenters. The third kappa shape index (κ3) is 6.62. The largest absolute Gasteiger partial charge is 0.412 e. The van der Waals surface area contributed by atoms with Gasteiger partial charge >= 0.3 is 6.09 Å². The fourth-order valence-corrected chi connectivity index (χ4v) is 4.20. The minimum absolute atomic E-state index is 0.0496. The lowest BCUT2D eigenvalue weighted by Crippen LogP contribution is -2.47. The van der Waals surface area contributed by atoms with Gasteiger partial charge in [0.2, 0.25) is 0 Å². The van der Waals surface area contributed by atoms with E-state index in [1.54, 1.807) is 6.07 Å². The molecule has 2 fully saturated rings. The number of aromatic nitrogens is 4. The number of carbonyl (C=O) groups is 1. The zero-order valence-corrected chi connectivity index (χ0v) is 20.7. The summed E-state index contributed by atoms with van der Waals surface area (Å²) < 4.78 is 5.15. The monoisotopic (exact) mass is 467 g/mol. The predicted octanol–water partition coefficient (Wildman–Crippen LogP) is 3.52. The number of carbonyl (C=O) groups excluding carboxylic acids is 1. The van der Waals surface area contributed by atoms with Crippen molar-refractivity contribution in [2.75, 3.05) is 44.2 Å². The Morgan fingerprint density at radius 2 is 1.91 bits per heavy atom. The molecule has 184 valence electrons. The van der Waals surface area contributed by atoms with Gasteiger partial charge in [-0.3, -0.25) is 4.90 Å². The number of hydrogen-bond acceptors (Lipinski definition) is 8. The molecule has 1 saturated carbocycles. The number of nitrogens with zero attached hydrogens (tertiary/aromatic N) is 6. The van der Waals surface area contributed by atoms with Crippen LogP contribution in [0.4, 0.5) is 10.6 Å². The van der Waals surface area contributed by atoms with Crippen molar-refractivity contribution in [3.8, 4) is 5.75 Å². The number of unbranched alkanes of at least 4 members (excludes halogenated alkanes) is 1. The van der Waals surface area contributed by atoms with Crippen molar-refractivity contribution in [3.63, 3.8) is 0 Å². The minimum Gasteiger partial charge on any atom is -0.409 e. The third-order valence-electron chi connectivity index (χ3n) is 6.56. The van der Waals surface area contributed by atoms with Crippen molar-refractivity contribution in [2.24, 2.45) is 0 Å². The Hall–Kier alpha value is -2.81. The van der Waals surface area contributed by atoms with Crippen LogP contribution in [0, 0.1) is 0 Å². The van der Waals surface area contributed by atoms with E-state index in [2.05, 4.69) is 52.2 Å². The van der Waals surface area contributed by atoms with E-state index in [1.165, 1.54) is 37.4 Å². The fraction of sp³-hybridized carbons (Fsp3) is 0.640. The van der Waals surface area contributed by atoms with Gasteiger partial charge in [-0.25, -0.2) is 14.8 Å². The number of piperazine rings is 1. The molecular formula is C25H37N7O2. The van der Waals surface area contributed by atoms with Crippen molar-refractivity contribution in [1.29, 1.82) is 0 Å². The molecule has 0 aromatic carbocycles. The molecule has 1 saturated heterocycles. The Morgan fingerprint density at radius 3 is 2.56 bits per heavy atom. The van der Waals surface area contributed by atoms with Gasteiger partial charge in [-0.05, 0) is 32.2 Å². The number of hydrogen-bond donors (Lipinski definition) is 1. The topological polar surface area (TPSA) is 96.4 Å². The first-order valence-corrected chi connectivity index (χ1v) is 12.5. The molecule has 0 bridgehead atoms. The van der Waals surface area contributed by atoms with Crippen LogP contribution in [-0.4, -0.2) is 70.4 Å². The van der Waals surface area contributed by atoms with Gasteiger partial charge in [-0.15, -0.1) is 0 Å². The van der Waals surface area contributed by atoms with Crippen molar-refractivity contribution in [2.45, 2.75) is 64.2 Å². The second-order valence-corrected chi connectivity index (χ2v) is 10.3. The smallest absolute Gasteiger partial charge is 0.409 e. The highest BCUT2D eigenvalue weighted by Gasteiger charge is 2.27. The highest BCUT2D eigenvalue weighted by atomic mass is 16.6. The molecular weight excluding hydrogens is 430 g/mol. The van der Waals surface area contributed by atoms with Crippen molar-refractivity contribution < 1.29 is 9.53 Å². The molecule has 34 heavy (non-hydrogen) atoms. The van der Waals surface area contributed by atoms with Gasteiger partial charge in [0.05, 0.1) is 12.4 Å².